The Kier molecular flexibility index (Phi) is 4.39. The highest BCUT2D eigenvalue weighted by Gasteiger charge is 2.31. The van der Waals surface area contributed by atoms with E-state index in [0.29, 0.717) is 12.1 Å². The fraction of sp³-hybridized carbons (Fsp3) is 0.333. The summed E-state index contributed by atoms with van der Waals surface area (Å²) >= 11 is 0. The Balaban J connectivity index is 1.74. The predicted octanol–water partition coefficient (Wildman–Crippen LogP) is 5.20. The summed E-state index contributed by atoms with van der Waals surface area (Å²) in [4.78, 5) is 0. The second-order valence-electron chi connectivity index (χ2n) is 6.16. The van der Waals surface area contributed by atoms with E-state index in [2.05, 4.69) is 17.6 Å². The summed E-state index contributed by atoms with van der Waals surface area (Å²) in [6.07, 6.45) is -2.48. The van der Waals surface area contributed by atoms with E-state index >= 15 is 0 Å². The molecule has 0 fully saturated rings. The maximum Gasteiger partial charge on any atom is 0.416 e. The summed E-state index contributed by atoms with van der Waals surface area (Å²) in [6, 6.07) is 8.81. The molecular weight excluding hydrogens is 320 g/mol. The van der Waals surface area contributed by atoms with E-state index in [1.807, 2.05) is 18.2 Å². The number of hydrogen-bond donors (Lipinski definition) is 2. The molecule has 128 valence electrons. The Morgan fingerprint density at radius 3 is 2.71 bits per heavy atom. The lowest BCUT2D eigenvalue weighted by atomic mass is 9.98. The number of alkyl halides is 3. The number of hydrogen-bond acceptors (Lipinski definition) is 2. The molecule has 24 heavy (non-hydrogen) atoms. The monoisotopic (exact) mass is 338 g/mol. The van der Waals surface area contributed by atoms with Crippen molar-refractivity contribution in [3.8, 4) is 0 Å². The minimum Gasteiger partial charge on any atom is -0.382 e. The van der Waals surface area contributed by atoms with Gasteiger partial charge < -0.3 is 10.6 Å². The number of anilines is 2. The van der Waals surface area contributed by atoms with Crippen molar-refractivity contribution in [1.82, 2.24) is 0 Å². The molecule has 0 saturated carbocycles. The maximum absolute atomic E-state index is 13.4. The first kappa shape index (κ1) is 16.6. The van der Waals surface area contributed by atoms with Crippen molar-refractivity contribution < 1.29 is 17.6 Å². The third kappa shape index (κ3) is 3.80. The van der Waals surface area contributed by atoms with Gasteiger partial charge in [0.2, 0.25) is 0 Å². The topological polar surface area (TPSA) is 24.1 Å². The van der Waals surface area contributed by atoms with E-state index in [-0.39, 0.29) is 12.1 Å². The molecule has 2 aromatic rings. The molecule has 2 N–H and O–H groups in total. The first-order valence-electron chi connectivity index (χ1n) is 7.81. The van der Waals surface area contributed by atoms with Crippen LogP contribution in [-0.2, 0) is 19.1 Å². The van der Waals surface area contributed by atoms with E-state index < -0.39 is 17.6 Å². The lowest BCUT2D eigenvalue weighted by Gasteiger charge is -2.24. The molecule has 2 nitrogen and oxygen atoms in total. The first-order valence-corrected chi connectivity index (χ1v) is 7.81. The summed E-state index contributed by atoms with van der Waals surface area (Å²) in [5.74, 6) is -0.887. The minimum absolute atomic E-state index is 0.120. The Labute approximate surface area is 137 Å². The van der Waals surface area contributed by atoms with Crippen LogP contribution in [0.25, 0.3) is 0 Å². The number of aryl methyl sites for hydroxylation is 1. The zero-order valence-electron chi connectivity index (χ0n) is 13.2. The van der Waals surface area contributed by atoms with Crippen LogP contribution >= 0.6 is 0 Å². The van der Waals surface area contributed by atoms with Crippen molar-refractivity contribution in [3.05, 3.63) is 58.9 Å². The number of halogens is 4. The Morgan fingerprint density at radius 2 is 1.96 bits per heavy atom. The third-order valence-corrected chi connectivity index (χ3v) is 4.14. The molecule has 1 unspecified atom stereocenters. The Hall–Kier alpha value is -2.24. The van der Waals surface area contributed by atoms with Gasteiger partial charge in [-0.05, 0) is 61.2 Å². The molecule has 1 aliphatic heterocycles. The van der Waals surface area contributed by atoms with Gasteiger partial charge in [0.1, 0.15) is 5.82 Å². The van der Waals surface area contributed by atoms with Crippen molar-refractivity contribution in [3.63, 3.8) is 0 Å². The van der Waals surface area contributed by atoms with Crippen molar-refractivity contribution >= 4 is 11.4 Å². The van der Waals surface area contributed by atoms with E-state index in [9.17, 15) is 17.6 Å². The average Bonchev–Trinajstić information content (AvgIpc) is 2.51. The van der Waals surface area contributed by atoms with Crippen LogP contribution in [0.4, 0.5) is 28.9 Å². The predicted molar refractivity (Wildman–Crippen MR) is 86.6 cm³/mol. The smallest absolute Gasteiger partial charge is 0.382 e. The lowest BCUT2D eigenvalue weighted by molar-refractivity contribution is -0.137. The van der Waals surface area contributed by atoms with Crippen LogP contribution in [0.3, 0.4) is 0 Å². The molecule has 0 bridgehead atoms. The maximum atomic E-state index is 13.4. The van der Waals surface area contributed by atoms with Crippen LogP contribution in [0.2, 0.25) is 0 Å². The fourth-order valence-corrected chi connectivity index (χ4v) is 2.87. The van der Waals surface area contributed by atoms with Crippen LogP contribution in [0.1, 0.15) is 30.0 Å². The molecule has 0 amide bonds. The summed E-state index contributed by atoms with van der Waals surface area (Å²) in [5.41, 5.74) is 2.33. The molecule has 6 heteroatoms. The van der Waals surface area contributed by atoms with E-state index in [0.717, 1.165) is 36.3 Å². The highest BCUT2D eigenvalue weighted by Crippen LogP contribution is 2.31. The molecule has 3 rings (SSSR count). The second kappa shape index (κ2) is 6.34. The quantitative estimate of drug-likeness (QED) is 0.751. The van der Waals surface area contributed by atoms with Gasteiger partial charge in [-0.1, -0.05) is 6.07 Å². The summed E-state index contributed by atoms with van der Waals surface area (Å²) < 4.78 is 51.6. The van der Waals surface area contributed by atoms with Crippen LogP contribution in [0.15, 0.2) is 36.4 Å². The number of nitrogens with one attached hydrogen (secondary N) is 2. The number of benzene rings is 2. The van der Waals surface area contributed by atoms with Gasteiger partial charge in [-0.25, -0.2) is 4.39 Å². The van der Waals surface area contributed by atoms with Gasteiger partial charge in [-0.2, -0.15) is 13.2 Å². The zero-order chi connectivity index (χ0) is 17.3. The third-order valence-electron chi connectivity index (χ3n) is 4.14. The van der Waals surface area contributed by atoms with E-state index in [1.54, 1.807) is 0 Å². The van der Waals surface area contributed by atoms with E-state index in [4.69, 9.17) is 0 Å². The molecule has 0 spiro atoms. The van der Waals surface area contributed by atoms with Crippen LogP contribution < -0.4 is 10.6 Å². The summed E-state index contributed by atoms with van der Waals surface area (Å²) in [7, 11) is 0. The number of fused-ring (bicyclic) bond motifs is 1. The van der Waals surface area contributed by atoms with Crippen LogP contribution in [0.5, 0.6) is 0 Å². The normalized spacial score (nSPS) is 17.1. The molecule has 2 aromatic carbocycles. The largest absolute Gasteiger partial charge is 0.416 e. The molecular formula is C18H18F4N2. The van der Waals surface area contributed by atoms with Gasteiger partial charge in [0.05, 0.1) is 5.56 Å². The van der Waals surface area contributed by atoms with Crippen LogP contribution in [-0.4, -0.2) is 6.04 Å². The summed E-state index contributed by atoms with van der Waals surface area (Å²) in [6.45, 7) is 2.23. The SMILES string of the molecule is CC1CCc2ccc(NCc3cc(F)cc(C(F)(F)F)c3)cc2N1. The van der Waals surface area contributed by atoms with Crippen molar-refractivity contribution in [2.45, 2.75) is 38.5 Å². The summed E-state index contributed by atoms with van der Waals surface area (Å²) in [5, 5.41) is 6.45. The molecule has 0 radical (unpaired) electrons. The van der Waals surface area contributed by atoms with Gasteiger partial charge in [0.15, 0.2) is 0 Å². The van der Waals surface area contributed by atoms with Gasteiger partial charge in [0, 0.05) is 24.0 Å². The van der Waals surface area contributed by atoms with Gasteiger partial charge >= 0.3 is 6.18 Å². The Morgan fingerprint density at radius 1 is 1.17 bits per heavy atom. The minimum atomic E-state index is -4.55. The van der Waals surface area contributed by atoms with Crippen molar-refractivity contribution in [1.29, 1.82) is 0 Å². The van der Waals surface area contributed by atoms with Crippen molar-refractivity contribution in [2.75, 3.05) is 10.6 Å². The fourth-order valence-electron chi connectivity index (χ4n) is 2.87. The highest BCUT2D eigenvalue weighted by molar-refractivity contribution is 5.63. The Bertz CT molecular complexity index is 740. The zero-order valence-corrected chi connectivity index (χ0v) is 13.2. The average molecular weight is 338 g/mol. The standard InChI is InChI=1S/C18H18F4N2/c1-11-2-3-13-4-5-16(9-17(13)24-11)23-10-12-6-14(18(20,21)22)8-15(19)7-12/h4-9,11,23-24H,2-3,10H2,1H3. The molecule has 0 aromatic heterocycles. The van der Waals surface area contributed by atoms with E-state index in [1.165, 1.54) is 5.56 Å². The van der Waals surface area contributed by atoms with Crippen molar-refractivity contribution in [2.24, 2.45) is 0 Å². The lowest BCUT2D eigenvalue weighted by Crippen LogP contribution is -2.21. The van der Waals surface area contributed by atoms with Gasteiger partial charge in [0.25, 0.3) is 0 Å². The van der Waals surface area contributed by atoms with Gasteiger partial charge in [-0.15, -0.1) is 0 Å². The van der Waals surface area contributed by atoms with Crippen LogP contribution in [0, 0.1) is 5.82 Å². The first-order chi connectivity index (χ1) is 11.3. The molecule has 1 atom stereocenters. The second-order valence-corrected chi connectivity index (χ2v) is 6.16. The molecule has 1 aliphatic rings. The van der Waals surface area contributed by atoms with Gasteiger partial charge in [-0.3, -0.25) is 0 Å². The number of rotatable bonds is 3. The molecule has 0 saturated heterocycles. The molecule has 0 aliphatic carbocycles. The molecule has 1 heterocycles. The highest BCUT2D eigenvalue weighted by atomic mass is 19.4.